The van der Waals surface area contributed by atoms with E-state index in [-0.39, 0.29) is 11.7 Å². The Kier molecular flexibility index (Phi) is 10.8. The van der Waals surface area contributed by atoms with E-state index in [0.717, 1.165) is 45.2 Å². The lowest BCUT2D eigenvalue weighted by Gasteiger charge is -2.40. The first kappa shape index (κ1) is 30.5. The molecule has 1 saturated carbocycles. The van der Waals surface area contributed by atoms with Crippen LogP contribution in [-0.4, -0.2) is 99.1 Å². The Bertz CT molecular complexity index is 1150. The number of methoxy groups -OCH3 is 2. The van der Waals surface area contributed by atoms with Crippen LogP contribution in [-0.2, 0) is 19.1 Å². The molecule has 11 heteroatoms. The SMILES string of the molecule is COC(=O)C1=C(C)N=C(C)C(C(=O)OC)N1c1cccc(NC(=O)NCCCN2CCN(C3CCCCC3)CC2)c1. The van der Waals surface area contributed by atoms with Gasteiger partial charge >= 0.3 is 18.0 Å². The summed E-state index contributed by atoms with van der Waals surface area (Å²) in [5, 5.41) is 5.80. The zero-order valence-electron chi connectivity index (χ0n) is 24.8. The zero-order chi connectivity index (χ0) is 29.4. The monoisotopic (exact) mass is 568 g/mol. The van der Waals surface area contributed by atoms with Gasteiger partial charge in [-0.1, -0.05) is 25.3 Å². The van der Waals surface area contributed by atoms with Gasteiger partial charge in [-0.25, -0.2) is 14.4 Å². The lowest BCUT2D eigenvalue weighted by molar-refractivity contribution is -0.140. The second-order valence-electron chi connectivity index (χ2n) is 10.9. The Morgan fingerprint density at radius 2 is 1.73 bits per heavy atom. The summed E-state index contributed by atoms with van der Waals surface area (Å²) in [4.78, 5) is 49.2. The van der Waals surface area contributed by atoms with Crippen molar-refractivity contribution in [2.45, 2.75) is 64.5 Å². The van der Waals surface area contributed by atoms with Gasteiger partial charge in [0, 0.05) is 55.9 Å². The number of urea groups is 1. The number of carbonyl (C=O) groups is 3. The Morgan fingerprint density at radius 3 is 2.41 bits per heavy atom. The normalized spacial score (nSPS) is 20.8. The number of benzene rings is 1. The van der Waals surface area contributed by atoms with Crippen molar-refractivity contribution in [2.24, 2.45) is 4.99 Å². The molecule has 4 rings (SSSR count). The maximum atomic E-state index is 12.7. The Labute approximate surface area is 242 Å². The highest BCUT2D eigenvalue weighted by Gasteiger charge is 2.39. The second kappa shape index (κ2) is 14.5. The summed E-state index contributed by atoms with van der Waals surface area (Å²) in [6, 6.07) is 6.47. The van der Waals surface area contributed by atoms with Crippen LogP contribution >= 0.6 is 0 Å². The van der Waals surface area contributed by atoms with Crippen LogP contribution < -0.4 is 15.5 Å². The molecule has 1 aromatic carbocycles. The van der Waals surface area contributed by atoms with E-state index in [1.54, 1.807) is 43.0 Å². The van der Waals surface area contributed by atoms with Crippen LogP contribution in [0.5, 0.6) is 0 Å². The van der Waals surface area contributed by atoms with Crippen molar-refractivity contribution in [3.63, 3.8) is 0 Å². The topological polar surface area (TPSA) is 116 Å². The highest BCUT2D eigenvalue weighted by molar-refractivity contribution is 6.13. The molecule has 3 aliphatic rings. The number of esters is 2. The lowest BCUT2D eigenvalue weighted by Crippen LogP contribution is -2.51. The summed E-state index contributed by atoms with van der Waals surface area (Å²) >= 11 is 0. The Morgan fingerprint density at radius 1 is 1.00 bits per heavy atom. The smallest absolute Gasteiger partial charge is 0.356 e. The largest absolute Gasteiger partial charge is 0.467 e. The van der Waals surface area contributed by atoms with E-state index in [2.05, 4.69) is 25.4 Å². The van der Waals surface area contributed by atoms with E-state index < -0.39 is 18.0 Å². The molecule has 2 heterocycles. The summed E-state index contributed by atoms with van der Waals surface area (Å²) < 4.78 is 10.0. The van der Waals surface area contributed by atoms with Crippen LogP contribution in [0.4, 0.5) is 16.2 Å². The summed E-state index contributed by atoms with van der Waals surface area (Å²) in [7, 11) is 2.56. The van der Waals surface area contributed by atoms with Crippen molar-refractivity contribution in [1.29, 1.82) is 0 Å². The second-order valence-corrected chi connectivity index (χ2v) is 10.9. The number of aliphatic imine (C=N–C) groups is 1. The third-order valence-electron chi connectivity index (χ3n) is 8.20. The molecule has 1 aliphatic carbocycles. The lowest BCUT2D eigenvalue weighted by atomic mass is 9.94. The maximum absolute atomic E-state index is 12.7. The molecule has 1 saturated heterocycles. The molecule has 2 amide bonds. The molecule has 1 atom stereocenters. The fourth-order valence-corrected chi connectivity index (χ4v) is 6.09. The van der Waals surface area contributed by atoms with Crippen molar-refractivity contribution >= 4 is 35.1 Å². The van der Waals surface area contributed by atoms with Gasteiger partial charge in [-0.15, -0.1) is 0 Å². The predicted octanol–water partition coefficient (Wildman–Crippen LogP) is 3.38. The molecule has 1 unspecified atom stereocenters. The molecule has 2 N–H and O–H groups in total. The fourth-order valence-electron chi connectivity index (χ4n) is 6.09. The minimum atomic E-state index is -0.952. The number of ether oxygens (including phenoxy) is 2. The number of nitrogens with one attached hydrogen (secondary N) is 2. The Balaban J connectivity index is 1.30. The molecule has 11 nitrogen and oxygen atoms in total. The van der Waals surface area contributed by atoms with Gasteiger partial charge in [-0.05, 0) is 57.9 Å². The number of hydrogen-bond acceptors (Lipinski definition) is 9. The third-order valence-corrected chi connectivity index (χ3v) is 8.20. The fraction of sp³-hybridized carbons (Fsp3) is 0.600. The predicted molar refractivity (Wildman–Crippen MR) is 159 cm³/mol. The first-order valence-electron chi connectivity index (χ1n) is 14.6. The minimum absolute atomic E-state index is 0.134. The summed E-state index contributed by atoms with van der Waals surface area (Å²) in [6.45, 7) is 9.37. The average Bonchev–Trinajstić information content (AvgIpc) is 2.99. The van der Waals surface area contributed by atoms with Crippen LogP contribution in [0.3, 0.4) is 0 Å². The van der Waals surface area contributed by atoms with E-state index in [9.17, 15) is 14.4 Å². The molecular weight excluding hydrogens is 524 g/mol. The van der Waals surface area contributed by atoms with Gasteiger partial charge in [0.25, 0.3) is 0 Å². The highest BCUT2D eigenvalue weighted by Crippen LogP contribution is 2.32. The molecule has 0 bridgehead atoms. The van der Waals surface area contributed by atoms with Crippen molar-refractivity contribution in [2.75, 3.05) is 63.7 Å². The number of anilines is 2. The van der Waals surface area contributed by atoms with E-state index in [4.69, 9.17) is 9.47 Å². The molecule has 2 fully saturated rings. The van der Waals surface area contributed by atoms with Gasteiger partial charge in [-0.3, -0.25) is 9.89 Å². The average molecular weight is 569 g/mol. The van der Waals surface area contributed by atoms with Crippen LogP contribution in [0.25, 0.3) is 0 Å². The molecular formula is C30H44N6O5. The zero-order valence-corrected chi connectivity index (χ0v) is 24.8. The van der Waals surface area contributed by atoms with Crippen LogP contribution in [0, 0.1) is 0 Å². The number of allylic oxidation sites excluding steroid dienone is 1. The third kappa shape index (κ3) is 7.65. The minimum Gasteiger partial charge on any atom is -0.467 e. The van der Waals surface area contributed by atoms with Gasteiger partial charge in [-0.2, -0.15) is 0 Å². The van der Waals surface area contributed by atoms with Crippen molar-refractivity contribution < 1.29 is 23.9 Å². The summed E-state index contributed by atoms with van der Waals surface area (Å²) in [5.74, 6) is -1.19. The van der Waals surface area contributed by atoms with Gasteiger partial charge < -0.3 is 29.9 Å². The Hall–Kier alpha value is -3.44. The van der Waals surface area contributed by atoms with Crippen LogP contribution in [0.15, 0.2) is 40.7 Å². The molecule has 41 heavy (non-hydrogen) atoms. The quantitative estimate of drug-likeness (QED) is 0.344. The van der Waals surface area contributed by atoms with Crippen molar-refractivity contribution in [3.8, 4) is 0 Å². The van der Waals surface area contributed by atoms with E-state index in [0.29, 0.717) is 29.3 Å². The summed E-state index contributed by atoms with van der Waals surface area (Å²) in [6.07, 6.45) is 7.70. The van der Waals surface area contributed by atoms with Gasteiger partial charge in [0.05, 0.1) is 19.9 Å². The first-order valence-corrected chi connectivity index (χ1v) is 14.6. The van der Waals surface area contributed by atoms with Crippen molar-refractivity contribution in [3.05, 3.63) is 35.7 Å². The first-order chi connectivity index (χ1) is 19.8. The van der Waals surface area contributed by atoms with Gasteiger partial charge in [0.1, 0.15) is 0 Å². The number of carbonyl (C=O) groups excluding carboxylic acids is 3. The highest BCUT2D eigenvalue weighted by atomic mass is 16.5. The number of piperazine rings is 1. The maximum Gasteiger partial charge on any atom is 0.356 e. The number of hydrogen-bond donors (Lipinski definition) is 2. The molecule has 0 aromatic heterocycles. The standard InChI is InChI=1S/C30H44N6O5/c1-21-26(28(37)40-3)36(27(22(2)32-21)29(38)41-4)25-13-8-10-23(20-25)33-30(39)31-14-9-15-34-16-18-35(19-17-34)24-11-6-5-7-12-24/h8,10,13,20,24,26H,5-7,9,11-12,14-19H2,1-4H3,(H2,31,33,39). The number of rotatable bonds is 9. The molecule has 0 radical (unpaired) electrons. The number of nitrogens with zero attached hydrogens (tertiary/aromatic N) is 4. The van der Waals surface area contributed by atoms with Crippen molar-refractivity contribution in [1.82, 2.24) is 15.1 Å². The van der Waals surface area contributed by atoms with E-state index >= 15 is 0 Å². The van der Waals surface area contributed by atoms with Crippen LogP contribution in [0.2, 0.25) is 0 Å². The molecule has 1 aromatic rings. The molecule has 2 aliphatic heterocycles. The molecule has 224 valence electrons. The van der Waals surface area contributed by atoms with Gasteiger partial charge in [0.15, 0.2) is 11.7 Å². The summed E-state index contributed by atoms with van der Waals surface area (Å²) in [5.41, 5.74) is 2.06. The number of amides is 2. The van der Waals surface area contributed by atoms with E-state index in [1.165, 1.54) is 46.3 Å². The molecule has 0 spiro atoms. The van der Waals surface area contributed by atoms with E-state index in [1.807, 2.05) is 0 Å². The van der Waals surface area contributed by atoms with Gasteiger partial charge in [0.2, 0.25) is 0 Å². The van der Waals surface area contributed by atoms with Crippen LogP contribution in [0.1, 0.15) is 52.4 Å².